The third-order valence-electron chi connectivity index (χ3n) is 3.25. The van der Waals surface area contributed by atoms with Gasteiger partial charge in [-0.3, -0.25) is 4.79 Å². The van der Waals surface area contributed by atoms with Crippen LogP contribution in [-0.2, 0) is 4.79 Å². The molecule has 1 aliphatic rings. The van der Waals surface area contributed by atoms with Crippen LogP contribution in [0, 0.1) is 11.3 Å². The molecule has 0 aromatic rings. The molecule has 0 heterocycles. The van der Waals surface area contributed by atoms with Crippen molar-refractivity contribution < 1.29 is 4.79 Å². The van der Waals surface area contributed by atoms with E-state index in [1.807, 2.05) is 7.05 Å². The second kappa shape index (κ2) is 4.78. The minimum Gasteiger partial charge on any atom is -0.355 e. The summed E-state index contributed by atoms with van der Waals surface area (Å²) in [6, 6.07) is 0. The van der Waals surface area contributed by atoms with Crippen molar-refractivity contribution >= 4 is 5.91 Å². The maximum atomic E-state index is 11.8. The highest BCUT2D eigenvalue weighted by Gasteiger charge is 2.38. The van der Waals surface area contributed by atoms with Gasteiger partial charge in [0.05, 0.1) is 0 Å². The first-order valence-electron chi connectivity index (χ1n) is 5.50. The van der Waals surface area contributed by atoms with Crippen LogP contribution < -0.4 is 10.6 Å². The molecule has 3 nitrogen and oxygen atoms in total. The summed E-state index contributed by atoms with van der Waals surface area (Å²) in [6.07, 6.45) is 3.42. The predicted molar refractivity (Wildman–Crippen MR) is 58.1 cm³/mol. The van der Waals surface area contributed by atoms with Crippen LogP contribution in [0.5, 0.6) is 0 Å². The van der Waals surface area contributed by atoms with Gasteiger partial charge in [0.1, 0.15) is 0 Å². The third kappa shape index (κ3) is 2.71. The van der Waals surface area contributed by atoms with Gasteiger partial charge in [-0.15, -0.1) is 0 Å². The Morgan fingerprint density at radius 1 is 1.43 bits per heavy atom. The van der Waals surface area contributed by atoms with Crippen LogP contribution >= 0.6 is 0 Å². The van der Waals surface area contributed by atoms with Gasteiger partial charge in [0.2, 0.25) is 5.91 Å². The number of rotatable bonds is 4. The van der Waals surface area contributed by atoms with Crippen LogP contribution in [0.1, 0.15) is 33.1 Å². The zero-order valence-electron chi connectivity index (χ0n) is 9.52. The van der Waals surface area contributed by atoms with Gasteiger partial charge in [0, 0.05) is 19.0 Å². The maximum Gasteiger partial charge on any atom is 0.223 e. The van der Waals surface area contributed by atoms with Crippen LogP contribution in [0.3, 0.4) is 0 Å². The van der Waals surface area contributed by atoms with Crippen molar-refractivity contribution in [3.63, 3.8) is 0 Å². The topological polar surface area (TPSA) is 41.1 Å². The zero-order chi connectivity index (χ0) is 10.6. The summed E-state index contributed by atoms with van der Waals surface area (Å²) in [5, 5.41) is 6.00. The first-order valence-corrected chi connectivity index (χ1v) is 5.50. The fourth-order valence-corrected chi connectivity index (χ4v) is 2.25. The van der Waals surface area contributed by atoms with Gasteiger partial charge in [-0.1, -0.05) is 20.3 Å². The lowest BCUT2D eigenvalue weighted by Gasteiger charge is -2.25. The molecule has 2 N–H and O–H groups in total. The lowest BCUT2D eigenvalue weighted by molar-refractivity contribution is -0.127. The Balaban J connectivity index is 2.36. The van der Waals surface area contributed by atoms with E-state index < -0.39 is 0 Å². The number of hydrogen-bond donors (Lipinski definition) is 2. The van der Waals surface area contributed by atoms with E-state index in [1.165, 1.54) is 12.8 Å². The van der Waals surface area contributed by atoms with Gasteiger partial charge < -0.3 is 10.6 Å². The van der Waals surface area contributed by atoms with Gasteiger partial charge in [-0.25, -0.2) is 0 Å². The highest BCUT2D eigenvalue weighted by Crippen LogP contribution is 2.42. The van der Waals surface area contributed by atoms with E-state index in [0.717, 1.165) is 19.5 Å². The molecular weight excluding hydrogens is 176 g/mol. The first kappa shape index (κ1) is 11.5. The molecule has 1 amide bonds. The van der Waals surface area contributed by atoms with Gasteiger partial charge in [-0.2, -0.15) is 0 Å². The monoisotopic (exact) mass is 198 g/mol. The van der Waals surface area contributed by atoms with Crippen LogP contribution in [0.15, 0.2) is 0 Å². The Morgan fingerprint density at radius 2 is 2.14 bits per heavy atom. The van der Waals surface area contributed by atoms with Crippen molar-refractivity contribution in [3.05, 3.63) is 0 Å². The summed E-state index contributed by atoms with van der Waals surface area (Å²) in [4.78, 5) is 11.8. The molecule has 14 heavy (non-hydrogen) atoms. The summed E-state index contributed by atoms with van der Waals surface area (Å²) in [5.74, 6) is 0.460. The fraction of sp³-hybridized carbons (Fsp3) is 0.909. The molecule has 0 aromatic heterocycles. The summed E-state index contributed by atoms with van der Waals surface area (Å²) in [5.41, 5.74) is 0.198. The van der Waals surface area contributed by atoms with Gasteiger partial charge in [0.15, 0.2) is 0 Å². The number of amides is 1. The molecule has 0 aromatic carbocycles. The molecule has 3 heteroatoms. The van der Waals surface area contributed by atoms with Crippen LogP contribution in [0.2, 0.25) is 0 Å². The molecule has 1 rings (SSSR count). The van der Waals surface area contributed by atoms with E-state index in [1.54, 1.807) is 0 Å². The number of hydrogen-bond acceptors (Lipinski definition) is 2. The summed E-state index contributed by atoms with van der Waals surface area (Å²) in [6.45, 7) is 5.98. The average molecular weight is 198 g/mol. The zero-order valence-corrected chi connectivity index (χ0v) is 9.52. The van der Waals surface area contributed by atoms with E-state index in [-0.39, 0.29) is 17.2 Å². The second-order valence-corrected chi connectivity index (χ2v) is 4.83. The fourth-order valence-electron chi connectivity index (χ4n) is 2.25. The second-order valence-electron chi connectivity index (χ2n) is 4.83. The van der Waals surface area contributed by atoms with Gasteiger partial charge >= 0.3 is 0 Å². The quantitative estimate of drug-likeness (QED) is 0.665. The van der Waals surface area contributed by atoms with Crippen molar-refractivity contribution in [1.29, 1.82) is 0 Å². The molecule has 0 saturated heterocycles. The highest BCUT2D eigenvalue weighted by atomic mass is 16.1. The highest BCUT2D eigenvalue weighted by molar-refractivity contribution is 5.79. The molecule has 1 atom stereocenters. The molecule has 0 aliphatic heterocycles. The van der Waals surface area contributed by atoms with Crippen molar-refractivity contribution in [3.8, 4) is 0 Å². The van der Waals surface area contributed by atoms with Crippen molar-refractivity contribution in [2.24, 2.45) is 11.3 Å². The summed E-state index contributed by atoms with van der Waals surface area (Å²) in [7, 11) is 1.89. The number of carbonyl (C=O) groups is 1. The Labute approximate surface area is 86.6 Å². The minimum absolute atomic E-state index is 0.198. The molecule has 0 spiro atoms. The average Bonchev–Trinajstić information content (AvgIpc) is 2.45. The summed E-state index contributed by atoms with van der Waals surface area (Å²) < 4.78 is 0. The third-order valence-corrected chi connectivity index (χ3v) is 3.25. The smallest absolute Gasteiger partial charge is 0.223 e. The Bertz CT molecular complexity index is 201. The Kier molecular flexibility index (Phi) is 3.93. The van der Waals surface area contributed by atoms with Crippen LogP contribution in [0.25, 0.3) is 0 Å². The van der Waals surface area contributed by atoms with Crippen molar-refractivity contribution in [2.75, 3.05) is 20.1 Å². The SMILES string of the molecule is CNCCNC(=O)C1CCCC1(C)C. The number of likely N-dealkylation sites (N-methyl/N-ethyl adjacent to an activating group) is 1. The van der Waals surface area contributed by atoms with Crippen LogP contribution in [-0.4, -0.2) is 26.0 Å². The largest absolute Gasteiger partial charge is 0.355 e. The van der Waals surface area contributed by atoms with Gasteiger partial charge in [-0.05, 0) is 25.3 Å². The molecule has 1 unspecified atom stereocenters. The van der Waals surface area contributed by atoms with Crippen molar-refractivity contribution in [1.82, 2.24) is 10.6 Å². The standard InChI is InChI=1S/C11H22N2O/c1-11(2)6-4-5-9(11)10(14)13-8-7-12-3/h9,12H,4-8H2,1-3H3,(H,13,14). The lowest BCUT2D eigenvalue weighted by Crippen LogP contribution is -2.38. The Hall–Kier alpha value is -0.570. The van der Waals surface area contributed by atoms with Crippen molar-refractivity contribution in [2.45, 2.75) is 33.1 Å². The molecule has 82 valence electrons. The summed E-state index contributed by atoms with van der Waals surface area (Å²) >= 11 is 0. The maximum absolute atomic E-state index is 11.8. The molecule has 0 radical (unpaired) electrons. The lowest BCUT2D eigenvalue weighted by atomic mass is 9.81. The molecule has 1 fully saturated rings. The normalized spacial score (nSPS) is 24.9. The molecule has 1 saturated carbocycles. The molecule has 0 bridgehead atoms. The predicted octanol–water partition coefficient (Wildman–Crippen LogP) is 1.15. The molecular formula is C11H22N2O. The molecule has 1 aliphatic carbocycles. The van der Waals surface area contributed by atoms with E-state index >= 15 is 0 Å². The minimum atomic E-state index is 0.198. The number of nitrogens with one attached hydrogen (secondary N) is 2. The van der Waals surface area contributed by atoms with E-state index in [0.29, 0.717) is 0 Å². The van der Waals surface area contributed by atoms with E-state index in [2.05, 4.69) is 24.5 Å². The van der Waals surface area contributed by atoms with E-state index in [4.69, 9.17) is 0 Å². The number of carbonyl (C=O) groups excluding carboxylic acids is 1. The van der Waals surface area contributed by atoms with Gasteiger partial charge in [0.25, 0.3) is 0 Å². The first-order chi connectivity index (χ1) is 6.58. The van der Waals surface area contributed by atoms with Crippen LogP contribution in [0.4, 0.5) is 0 Å². The Morgan fingerprint density at radius 3 is 2.64 bits per heavy atom. The van der Waals surface area contributed by atoms with E-state index in [9.17, 15) is 4.79 Å².